The van der Waals surface area contributed by atoms with E-state index >= 15 is 0 Å². The Kier molecular flexibility index (Phi) is 5.49. The van der Waals surface area contributed by atoms with Gasteiger partial charge in [0.25, 0.3) is 5.69 Å². The molecule has 1 aromatic heterocycles. The molecule has 0 bridgehead atoms. The fraction of sp³-hybridized carbons (Fsp3) is 0.143. The molecule has 0 radical (unpaired) electrons. The standard InChI is InChI=1S/C21H18N4O6S/c22-21(26)16-6-1-2-7-19(16)32(29,30)15-10-17(25(27)28)20-18(11-15)31-12-14(24-20)9-13-5-3-4-8-23-13/h1-8,10-11,14,24H,9,12H2,(H2,22,26)/t14-/m0/s1. The number of nitro benzene ring substituents is 1. The van der Waals surface area contributed by atoms with Gasteiger partial charge in [0, 0.05) is 30.4 Å². The topological polar surface area (TPSA) is 155 Å². The number of aromatic nitrogens is 1. The third-order valence-electron chi connectivity index (χ3n) is 4.97. The van der Waals surface area contributed by atoms with Crippen LogP contribution in [0.25, 0.3) is 0 Å². The Morgan fingerprint density at radius 2 is 1.97 bits per heavy atom. The zero-order chi connectivity index (χ0) is 22.9. The quantitative estimate of drug-likeness (QED) is 0.425. The molecule has 1 aliphatic rings. The van der Waals surface area contributed by atoms with Gasteiger partial charge in [-0.1, -0.05) is 18.2 Å². The first kappa shape index (κ1) is 21.2. The zero-order valence-electron chi connectivity index (χ0n) is 16.6. The van der Waals surface area contributed by atoms with Gasteiger partial charge >= 0.3 is 0 Å². The van der Waals surface area contributed by atoms with Crippen molar-refractivity contribution in [2.45, 2.75) is 22.3 Å². The highest BCUT2D eigenvalue weighted by molar-refractivity contribution is 7.91. The van der Waals surface area contributed by atoms with Crippen molar-refractivity contribution in [2.75, 3.05) is 11.9 Å². The van der Waals surface area contributed by atoms with E-state index in [1.807, 2.05) is 12.1 Å². The van der Waals surface area contributed by atoms with Crippen molar-refractivity contribution in [2.24, 2.45) is 5.73 Å². The first-order valence-electron chi connectivity index (χ1n) is 9.53. The third kappa shape index (κ3) is 3.97. The molecule has 0 fully saturated rings. The lowest BCUT2D eigenvalue weighted by Gasteiger charge is -2.27. The van der Waals surface area contributed by atoms with Gasteiger partial charge in [0.2, 0.25) is 15.7 Å². The number of rotatable bonds is 6. The maximum absolute atomic E-state index is 13.2. The summed E-state index contributed by atoms with van der Waals surface area (Å²) in [6, 6.07) is 12.7. The number of primary amides is 1. The van der Waals surface area contributed by atoms with E-state index in [2.05, 4.69) is 10.3 Å². The molecule has 1 atom stereocenters. The average molecular weight is 454 g/mol. The van der Waals surface area contributed by atoms with E-state index in [9.17, 15) is 23.3 Å². The number of benzene rings is 2. The first-order chi connectivity index (χ1) is 15.3. The summed E-state index contributed by atoms with van der Waals surface area (Å²) in [5.41, 5.74) is 5.51. The molecule has 0 saturated carbocycles. The van der Waals surface area contributed by atoms with Gasteiger partial charge in [0.15, 0.2) is 11.4 Å². The van der Waals surface area contributed by atoms with Crippen LogP contribution in [0.2, 0.25) is 0 Å². The first-order valence-corrected chi connectivity index (χ1v) is 11.0. The maximum atomic E-state index is 13.2. The summed E-state index contributed by atoms with van der Waals surface area (Å²) in [5.74, 6) is -0.890. The Hall–Kier alpha value is -3.99. The van der Waals surface area contributed by atoms with Crippen molar-refractivity contribution in [3.63, 3.8) is 0 Å². The van der Waals surface area contributed by atoms with Crippen LogP contribution >= 0.6 is 0 Å². The van der Waals surface area contributed by atoms with E-state index in [4.69, 9.17) is 10.5 Å². The molecule has 0 spiro atoms. The number of amides is 1. The van der Waals surface area contributed by atoms with Gasteiger partial charge in [-0.15, -0.1) is 0 Å². The Morgan fingerprint density at radius 3 is 2.66 bits per heavy atom. The monoisotopic (exact) mass is 454 g/mol. The van der Waals surface area contributed by atoms with E-state index in [-0.39, 0.29) is 39.4 Å². The van der Waals surface area contributed by atoms with Gasteiger partial charge in [-0.25, -0.2) is 8.42 Å². The van der Waals surface area contributed by atoms with Gasteiger partial charge in [-0.2, -0.15) is 0 Å². The number of fused-ring (bicyclic) bond motifs is 1. The molecule has 4 rings (SSSR count). The van der Waals surface area contributed by atoms with Gasteiger partial charge < -0.3 is 15.8 Å². The van der Waals surface area contributed by atoms with Crippen LogP contribution in [0.5, 0.6) is 5.75 Å². The van der Waals surface area contributed by atoms with Crippen LogP contribution < -0.4 is 15.8 Å². The molecule has 1 amide bonds. The highest BCUT2D eigenvalue weighted by Crippen LogP contribution is 2.41. The molecule has 10 nitrogen and oxygen atoms in total. The number of carbonyl (C=O) groups is 1. The maximum Gasteiger partial charge on any atom is 0.297 e. The average Bonchev–Trinajstić information content (AvgIpc) is 2.78. The highest BCUT2D eigenvalue weighted by Gasteiger charge is 2.32. The summed E-state index contributed by atoms with van der Waals surface area (Å²) in [5, 5.41) is 14.8. The minimum atomic E-state index is -4.29. The largest absolute Gasteiger partial charge is 0.489 e. The predicted octanol–water partition coefficient (Wildman–Crippen LogP) is 2.34. The summed E-state index contributed by atoms with van der Waals surface area (Å²) in [4.78, 5) is 26.3. The van der Waals surface area contributed by atoms with E-state index in [0.29, 0.717) is 6.42 Å². The van der Waals surface area contributed by atoms with Crippen molar-refractivity contribution < 1.29 is 22.9 Å². The molecule has 2 aromatic carbocycles. The van der Waals surface area contributed by atoms with Gasteiger partial charge in [-0.3, -0.25) is 19.9 Å². The van der Waals surface area contributed by atoms with E-state index < -0.39 is 26.4 Å². The lowest BCUT2D eigenvalue weighted by molar-refractivity contribution is -0.384. The number of nitrogens with two attached hydrogens (primary N) is 1. The summed E-state index contributed by atoms with van der Waals surface area (Å²) >= 11 is 0. The minimum Gasteiger partial charge on any atom is -0.489 e. The number of nitrogens with one attached hydrogen (secondary N) is 1. The van der Waals surface area contributed by atoms with E-state index in [1.165, 1.54) is 30.3 Å². The van der Waals surface area contributed by atoms with Crippen molar-refractivity contribution in [1.82, 2.24) is 4.98 Å². The predicted molar refractivity (Wildman–Crippen MR) is 114 cm³/mol. The van der Waals surface area contributed by atoms with Crippen molar-refractivity contribution >= 4 is 27.1 Å². The van der Waals surface area contributed by atoms with Crippen molar-refractivity contribution in [3.8, 4) is 5.75 Å². The molecule has 1 aliphatic heterocycles. The molecular formula is C21H18N4O6S. The second kappa shape index (κ2) is 8.27. The van der Waals surface area contributed by atoms with Crippen LogP contribution in [0.4, 0.5) is 11.4 Å². The second-order valence-electron chi connectivity index (χ2n) is 7.11. The van der Waals surface area contributed by atoms with Crippen molar-refractivity contribution in [1.29, 1.82) is 0 Å². The second-order valence-corrected chi connectivity index (χ2v) is 9.03. The molecule has 164 valence electrons. The van der Waals surface area contributed by atoms with Crippen LogP contribution in [-0.4, -0.2) is 36.9 Å². The number of hydrogen-bond acceptors (Lipinski definition) is 8. The van der Waals surface area contributed by atoms with Gasteiger partial charge in [-0.05, 0) is 24.3 Å². The Labute approximate surface area is 183 Å². The van der Waals surface area contributed by atoms with Crippen LogP contribution in [0.1, 0.15) is 16.1 Å². The SMILES string of the molecule is NC(=O)c1ccccc1S(=O)(=O)c1cc2c(c([N+](=O)[O-])c1)N[C@@H](Cc1ccccn1)CO2. The number of hydrogen-bond donors (Lipinski definition) is 2. The lowest BCUT2D eigenvalue weighted by atomic mass is 10.1. The van der Waals surface area contributed by atoms with E-state index in [0.717, 1.165) is 11.8 Å². The molecule has 0 unspecified atom stereocenters. The van der Waals surface area contributed by atoms with Crippen LogP contribution in [0.15, 0.2) is 70.6 Å². The fourth-order valence-electron chi connectivity index (χ4n) is 3.48. The Bertz CT molecular complexity index is 1310. The zero-order valence-corrected chi connectivity index (χ0v) is 17.4. The van der Waals surface area contributed by atoms with Crippen LogP contribution in [0, 0.1) is 10.1 Å². The lowest BCUT2D eigenvalue weighted by Crippen LogP contribution is -2.34. The van der Waals surface area contributed by atoms with Crippen molar-refractivity contribution in [3.05, 3.63) is 82.2 Å². The normalized spacial score (nSPS) is 15.2. The number of nitrogens with zero attached hydrogens (tertiary/aromatic N) is 2. The number of anilines is 1. The molecule has 3 N–H and O–H groups in total. The summed E-state index contributed by atoms with van der Waals surface area (Å²) < 4.78 is 32.1. The minimum absolute atomic E-state index is 0.0339. The summed E-state index contributed by atoms with van der Waals surface area (Å²) in [6.45, 7) is 0.155. The Balaban J connectivity index is 1.74. The molecule has 0 saturated heterocycles. The van der Waals surface area contributed by atoms with Crippen LogP contribution in [0.3, 0.4) is 0 Å². The number of nitro groups is 1. The molecule has 11 heteroatoms. The third-order valence-corrected chi connectivity index (χ3v) is 6.77. The fourth-order valence-corrected chi connectivity index (χ4v) is 4.98. The smallest absolute Gasteiger partial charge is 0.297 e. The number of pyridine rings is 1. The highest BCUT2D eigenvalue weighted by atomic mass is 32.2. The molecular weight excluding hydrogens is 436 g/mol. The molecule has 2 heterocycles. The summed E-state index contributed by atoms with van der Waals surface area (Å²) in [6.07, 6.45) is 2.11. The Morgan fingerprint density at radius 1 is 1.22 bits per heavy atom. The van der Waals surface area contributed by atoms with E-state index in [1.54, 1.807) is 12.3 Å². The molecule has 32 heavy (non-hydrogen) atoms. The summed E-state index contributed by atoms with van der Waals surface area (Å²) in [7, 11) is -4.29. The number of carbonyl (C=O) groups excluding carboxylic acids is 1. The molecule has 0 aliphatic carbocycles. The van der Waals surface area contributed by atoms with Gasteiger partial charge in [0.1, 0.15) is 6.61 Å². The molecule has 3 aromatic rings. The number of ether oxygens (including phenoxy) is 1. The van der Waals surface area contributed by atoms with Gasteiger partial charge in [0.05, 0.1) is 26.3 Å². The van der Waals surface area contributed by atoms with Crippen LogP contribution in [-0.2, 0) is 16.3 Å². The number of sulfone groups is 1.